The molecule has 4 rings (SSSR count). The molecule has 0 unspecified atom stereocenters. The van der Waals surface area contributed by atoms with Crippen LogP contribution in [-0.4, -0.2) is 73.7 Å². The number of benzene rings is 1. The molecule has 32 heavy (non-hydrogen) atoms. The van der Waals surface area contributed by atoms with Gasteiger partial charge in [0.25, 0.3) is 0 Å². The highest BCUT2D eigenvalue weighted by atomic mass is 16.5. The number of carbonyl (C=O) groups is 2. The molecule has 0 aromatic heterocycles. The Morgan fingerprint density at radius 1 is 1.06 bits per heavy atom. The van der Waals surface area contributed by atoms with Crippen LogP contribution in [0, 0.1) is 5.92 Å². The molecule has 2 heterocycles. The van der Waals surface area contributed by atoms with E-state index in [1.165, 1.54) is 31.1 Å². The topological polar surface area (TPSA) is 59.1 Å². The van der Waals surface area contributed by atoms with Crippen molar-refractivity contribution in [3.63, 3.8) is 0 Å². The highest BCUT2D eigenvalue weighted by molar-refractivity contribution is 5.77. The second kappa shape index (κ2) is 11.3. The fraction of sp³-hybridized carbons (Fsp3) is 0.692. The lowest BCUT2D eigenvalue weighted by Crippen LogP contribution is -2.46. The number of hydrogen-bond donors (Lipinski definition) is 0. The molecule has 6 heteroatoms. The van der Waals surface area contributed by atoms with Gasteiger partial charge in [-0.15, -0.1) is 0 Å². The Kier molecular flexibility index (Phi) is 8.20. The molecule has 3 aliphatic rings. The number of rotatable bonds is 9. The van der Waals surface area contributed by atoms with E-state index in [9.17, 15) is 9.59 Å². The zero-order chi connectivity index (χ0) is 22.3. The van der Waals surface area contributed by atoms with E-state index >= 15 is 0 Å². The summed E-state index contributed by atoms with van der Waals surface area (Å²) in [7, 11) is 1.39. The van der Waals surface area contributed by atoms with Gasteiger partial charge in [0.15, 0.2) is 0 Å². The quantitative estimate of drug-likeness (QED) is 0.550. The van der Waals surface area contributed by atoms with Gasteiger partial charge in [0.2, 0.25) is 5.91 Å². The lowest BCUT2D eigenvalue weighted by atomic mass is 9.94. The number of amides is 1. The van der Waals surface area contributed by atoms with Crippen molar-refractivity contribution in [2.45, 2.75) is 69.9 Å². The van der Waals surface area contributed by atoms with Crippen molar-refractivity contribution >= 4 is 11.9 Å². The number of nitrogens with zero attached hydrogens (tertiary/aromatic N) is 2. The molecule has 2 saturated heterocycles. The van der Waals surface area contributed by atoms with E-state index in [-0.39, 0.29) is 18.0 Å². The number of piperidine rings is 1. The number of esters is 1. The Balaban J connectivity index is 1.26. The van der Waals surface area contributed by atoms with Crippen LogP contribution < -0.4 is 0 Å². The van der Waals surface area contributed by atoms with Crippen LogP contribution in [0.25, 0.3) is 0 Å². The van der Waals surface area contributed by atoms with Crippen molar-refractivity contribution in [2.24, 2.45) is 5.92 Å². The van der Waals surface area contributed by atoms with Crippen molar-refractivity contribution in [1.29, 1.82) is 0 Å². The number of carbonyl (C=O) groups excluding carboxylic acids is 2. The number of fused-ring (bicyclic) bond motifs is 1. The minimum Gasteiger partial charge on any atom is -0.469 e. The number of hydrogen-bond acceptors (Lipinski definition) is 5. The van der Waals surface area contributed by atoms with Gasteiger partial charge in [0.1, 0.15) is 0 Å². The molecule has 1 aromatic rings. The van der Waals surface area contributed by atoms with Crippen LogP contribution in [0.5, 0.6) is 0 Å². The molecule has 0 spiro atoms. The first-order chi connectivity index (χ1) is 15.6. The Hall–Kier alpha value is -1.92. The molecule has 0 saturated carbocycles. The van der Waals surface area contributed by atoms with Gasteiger partial charge in [-0.2, -0.15) is 0 Å². The molecule has 176 valence electrons. The number of ether oxygens (including phenoxy) is 2. The van der Waals surface area contributed by atoms with Crippen LogP contribution in [0.2, 0.25) is 0 Å². The van der Waals surface area contributed by atoms with Crippen LogP contribution in [0.15, 0.2) is 24.3 Å². The predicted molar refractivity (Wildman–Crippen MR) is 123 cm³/mol. The number of likely N-dealkylation sites (tertiary alicyclic amines) is 1. The van der Waals surface area contributed by atoms with E-state index in [1.54, 1.807) is 0 Å². The fourth-order valence-electron chi connectivity index (χ4n) is 5.56. The first-order valence-corrected chi connectivity index (χ1v) is 12.4. The minimum absolute atomic E-state index is 0.151. The van der Waals surface area contributed by atoms with Gasteiger partial charge in [-0.1, -0.05) is 24.3 Å². The Morgan fingerprint density at radius 3 is 2.41 bits per heavy atom. The summed E-state index contributed by atoms with van der Waals surface area (Å²) < 4.78 is 10.5. The molecule has 6 nitrogen and oxygen atoms in total. The van der Waals surface area contributed by atoms with Crippen molar-refractivity contribution in [3.8, 4) is 0 Å². The monoisotopic (exact) mass is 442 g/mol. The summed E-state index contributed by atoms with van der Waals surface area (Å²) in [6.07, 6.45) is 8.16. The van der Waals surface area contributed by atoms with Crippen LogP contribution in [-0.2, 0) is 31.9 Å². The molecule has 1 amide bonds. The van der Waals surface area contributed by atoms with Crippen LogP contribution in [0.3, 0.4) is 0 Å². The third kappa shape index (κ3) is 6.10. The van der Waals surface area contributed by atoms with Crippen LogP contribution in [0.1, 0.15) is 56.1 Å². The molecule has 0 radical (unpaired) electrons. The normalized spacial score (nSPS) is 22.1. The van der Waals surface area contributed by atoms with E-state index in [2.05, 4.69) is 29.2 Å². The summed E-state index contributed by atoms with van der Waals surface area (Å²) in [5, 5.41) is 0. The van der Waals surface area contributed by atoms with Crippen molar-refractivity contribution in [3.05, 3.63) is 35.4 Å². The summed E-state index contributed by atoms with van der Waals surface area (Å²) in [4.78, 5) is 29.1. The molecule has 0 bridgehead atoms. The summed E-state index contributed by atoms with van der Waals surface area (Å²) in [6.45, 7) is 4.54. The molecule has 1 atom stereocenters. The van der Waals surface area contributed by atoms with Gasteiger partial charge < -0.3 is 14.4 Å². The maximum absolute atomic E-state index is 13.0. The Bertz CT molecular complexity index is 744. The third-order valence-corrected chi connectivity index (χ3v) is 7.47. The minimum atomic E-state index is -0.245. The zero-order valence-corrected chi connectivity index (χ0v) is 19.5. The summed E-state index contributed by atoms with van der Waals surface area (Å²) in [6, 6.07) is 9.49. The largest absolute Gasteiger partial charge is 0.469 e. The molecule has 1 aliphatic carbocycles. The van der Waals surface area contributed by atoms with Crippen LogP contribution in [0.4, 0.5) is 0 Å². The maximum Gasteiger partial charge on any atom is 0.305 e. The van der Waals surface area contributed by atoms with Gasteiger partial charge in [0.05, 0.1) is 13.2 Å². The fourth-order valence-corrected chi connectivity index (χ4v) is 5.56. The van der Waals surface area contributed by atoms with Crippen molar-refractivity contribution in [1.82, 2.24) is 9.80 Å². The first kappa shape index (κ1) is 23.2. The highest BCUT2D eigenvalue weighted by Crippen LogP contribution is 2.29. The van der Waals surface area contributed by atoms with Gasteiger partial charge in [-0.05, 0) is 75.1 Å². The molecular weight excluding hydrogens is 404 g/mol. The third-order valence-electron chi connectivity index (χ3n) is 7.47. The number of methoxy groups -OCH3 is 1. The first-order valence-electron chi connectivity index (χ1n) is 12.4. The van der Waals surface area contributed by atoms with E-state index in [0.717, 1.165) is 51.9 Å². The van der Waals surface area contributed by atoms with Crippen LogP contribution >= 0.6 is 0 Å². The standard InChI is InChI=1S/C26H38N2O4/c1-31-26(30)10-4-9-25(29)28(19-24-8-5-15-32-24)18-20-11-13-27(14-12-20)23-16-21-6-2-3-7-22(21)17-23/h2-3,6-7,20,23-24H,4-5,8-19H2,1H3/t24-/m0/s1. The van der Waals surface area contributed by atoms with E-state index in [4.69, 9.17) is 9.47 Å². The SMILES string of the molecule is COC(=O)CCCC(=O)N(CC1CCN(C2Cc3ccccc3C2)CC1)C[C@@H]1CCCO1. The lowest BCUT2D eigenvalue weighted by Gasteiger charge is -2.38. The van der Waals surface area contributed by atoms with Gasteiger partial charge in [0, 0.05) is 38.6 Å². The van der Waals surface area contributed by atoms with Gasteiger partial charge in [-0.25, -0.2) is 0 Å². The van der Waals surface area contributed by atoms with E-state index in [0.29, 0.717) is 37.8 Å². The average molecular weight is 443 g/mol. The van der Waals surface area contributed by atoms with E-state index < -0.39 is 0 Å². The Morgan fingerprint density at radius 2 is 1.78 bits per heavy atom. The molecular formula is C26H38N2O4. The summed E-state index contributed by atoms with van der Waals surface area (Å²) in [5.74, 6) is 0.448. The lowest BCUT2D eigenvalue weighted by molar-refractivity contribution is -0.141. The average Bonchev–Trinajstić information content (AvgIpc) is 3.48. The Labute approximate surface area is 192 Å². The summed E-state index contributed by atoms with van der Waals surface area (Å²) in [5.41, 5.74) is 3.03. The van der Waals surface area contributed by atoms with E-state index in [1.807, 2.05) is 4.90 Å². The second-order valence-corrected chi connectivity index (χ2v) is 9.67. The van der Waals surface area contributed by atoms with Crippen molar-refractivity contribution in [2.75, 3.05) is 39.9 Å². The molecule has 2 fully saturated rings. The van der Waals surface area contributed by atoms with Crippen molar-refractivity contribution < 1.29 is 19.1 Å². The molecule has 1 aromatic carbocycles. The molecule has 2 aliphatic heterocycles. The smallest absolute Gasteiger partial charge is 0.305 e. The van der Waals surface area contributed by atoms with Gasteiger partial charge >= 0.3 is 5.97 Å². The predicted octanol–water partition coefficient (Wildman–Crippen LogP) is 3.22. The molecule has 0 N–H and O–H groups in total. The maximum atomic E-state index is 13.0. The zero-order valence-electron chi connectivity index (χ0n) is 19.5. The summed E-state index contributed by atoms with van der Waals surface area (Å²) >= 11 is 0. The highest BCUT2D eigenvalue weighted by Gasteiger charge is 2.31. The van der Waals surface area contributed by atoms with Gasteiger partial charge in [-0.3, -0.25) is 14.5 Å². The second-order valence-electron chi connectivity index (χ2n) is 9.67.